The van der Waals surface area contributed by atoms with Crippen molar-refractivity contribution < 1.29 is 0 Å². The number of likely N-dealkylation sites (tertiary alicyclic amines) is 1. The average Bonchev–Trinajstić information content (AvgIpc) is 2.44. The zero-order valence-electron chi connectivity index (χ0n) is 13.7. The van der Waals surface area contributed by atoms with Gasteiger partial charge in [-0.25, -0.2) is 0 Å². The van der Waals surface area contributed by atoms with Crippen LogP contribution in [0, 0.1) is 11.8 Å². The molecule has 122 valence electrons. The average molecular weight is 321 g/mol. The maximum absolute atomic E-state index is 6.38. The van der Waals surface area contributed by atoms with Crippen molar-refractivity contribution in [2.75, 3.05) is 13.1 Å². The van der Waals surface area contributed by atoms with Gasteiger partial charge < -0.3 is 5.73 Å². The summed E-state index contributed by atoms with van der Waals surface area (Å²) < 4.78 is 0. The van der Waals surface area contributed by atoms with Crippen molar-refractivity contribution in [3.8, 4) is 0 Å². The smallest absolute Gasteiger partial charge is 0.0406 e. The number of benzene rings is 1. The molecule has 1 aliphatic heterocycles. The fourth-order valence-corrected chi connectivity index (χ4v) is 4.50. The molecule has 1 aromatic rings. The van der Waals surface area contributed by atoms with Crippen molar-refractivity contribution in [1.29, 1.82) is 0 Å². The van der Waals surface area contributed by atoms with Gasteiger partial charge in [-0.3, -0.25) is 4.90 Å². The highest BCUT2D eigenvalue weighted by Crippen LogP contribution is 2.35. The number of piperidine rings is 1. The highest BCUT2D eigenvalue weighted by Gasteiger charge is 2.35. The van der Waals surface area contributed by atoms with E-state index in [1.165, 1.54) is 37.8 Å². The van der Waals surface area contributed by atoms with E-state index < -0.39 is 0 Å². The number of rotatable bonds is 5. The molecule has 1 aliphatic carbocycles. The van der Waals surface area contributed by atoms with Gasteiger partial charge in [0.15, 0.2) is 0 Å². The molecule has 22 heavy (non-hydrogen) atoms. The first kappa shape index (κ1) is 16.3. The highest BCUT2D eigenvalue weighted by molar-refractivity contribution is 6.30. The fourth-order valence-electron chi connectivity index (χ4n) is 4.37. The second kappa shape index (κ2) is 7.33. The molecule has 0 aromatic heterocycles. The van der Waals surface area contributed by atoms with Gasteiger partial charge in [-0.05, 0) is 61.6 Å². The molecule has 2 N–H and O–H groups in total. The van der Waals surface area contributed by atoms with E-state index in [0.29, 0.717) is 12.0 Å². The summed E-state index contributed by atoms with van der Waals surface area (Å²) in [7, 11) is 0. The molecule has 3 heteroatoms. The van der Waals surface area contributed by atoms with E-state index in [4.69, 9.17) is 17.3 Å². The zero-order valence-corrected chi connectivity index (χ0v) is 14.4. The fraction of sp³-hybridized carbons (Fsp3) is 0.684. The Morgan fingerprint density at radius 1 is 1.23 bits per heavy atom. The topological polar surface area (TPSA) is 29.3 Å². The van der Waals surface area contributed by atoms with Crippen LogP contribution < -0.4 is 5.73 Å². The van der Waals surface area contributed by atoms with Crippen LogP contribution in [0.5, 0.6) is 0 Å². The lowest BCUT2D eigenvalue weighted by atomic mass is 9.76. The molecule has 0 radical (unpaired) electrons. The van der Waals surface area contributed by atoms with Gasteiger partial charge in [0.2, 0.25) is 0 Å². The molecule has 1 heterocycles. The molecule has 3 rings (SSSR count). The maximum Gasteiger partial charge on any atom is 0.0406 e. The van der Waals surface area contributed by atoms with Gasteiger partial charge in [0.1, 0.15) is 0 Å². The Labute approximate surface area is 140 Å². The van der Waals surface area contributed by atoms with Gasteiger partial charge >= 0.3 is 0 Å². The van der Waals surface area contributed by atoms with E-state index in [0.717, 1.165) is 36.4 Å². The zero-order chi connectivity index (χ0) is 15.5. The van der Waals surface area contributed by atoms with Gasteiger partial charge in [-0.2, -0.15) is 0 Å². The third-order valence-electron chi connectivity index (χ3n) is 5.62. The minimum absolute atomic E-state index is 0.333. The third kappa shape index (κ3) is 3.84. The first-order chi connectivity index (χ1) is 10.7. The molecule has 2 aliphatic rings. The summed E-state index contributed by atoms with van der Waals surface area (Å²) >= 11 is 5.99. The van der Waals surface area contributed by atoms with Crippen LogP contribution >= 0.6 is 11.6 Å². The number of nitrogens with two attached hydrogens (primary N) is 1. The van der Waals surface area contributed by atoms with Gasteiger partial charge in [0, 0.05) is 30.2 Å². The Kier molecular flexibility index (Phi) is 5.43. The standard InChI is InChI=1S/C19H29ClN2/c1-2-19(16-4-3-5-16)22-12-15(11-18(21)13-22)10-14-6-8-17(20)9-7-14/h6-9,15-16,18-19H,2-5,10-13,21H2,1H3. The van der Waals surface area contributed by atoms with Gasteiger partial charge in [0.25, 0.3) is 0 Å². The molecule has 1 saturated carbocycles. The Balaban J connectivity index is 1.63. The molecule has 0 bridgehead atoms. The quantitative estimate of drug-likeness (QED) is 0.884. The Morgan fingerprint density at radius 2 is 1.95 bits per heavy atom. The molecule has 2 nitrogen and oxygen atoms in total. The third-order valence-corrected chi connectivity index (χ3v) is 5.87. The lowest BCUT2D eigenvalue weighted by Gasteiger charge is -2.46. The second-order valence-electron chi connectivity index (χ2n) is 7.31. The van der Waals surface area contributed by atoms with E-state index in [1.54, 1.807) is 0 Å². The van der Waals surface area contributed by atoms with Gasteiger partial charge in [-0.1, -0.05) is 37.1 Å². The molecule has 1 aromatic carbocycles. The lowest BCUT2D eigenvalue weighted by Crippen LogP contribution is -2.54. The minimum Gasteiger partial charge on any atom is -0.327 e. The SMILES string of the molecule is CCC(C1CCC1)N1CC(N)CC(Cc2ccc(Cl)cc2)C1. The Bertz CT molecular complexity index is 469. The van der Waals surface area contributed by atoms with Crippen molar-refractivity contribution >= 4 is 11.6 Å². The maximum atomic E-state index is 6.38. The molecule has 1 saturated heterocycles. The summed E-state index contributed by atoms with van der Waals surface area (Å²) in [5.74, 6) is 1.60. The molecule has 0 amide bonds. The Morgan fingerprint density at radius 3 is 2.55 bits per heavy atom. The van der Waals surface area contributed by atoms with E-state index in [-0.39, 0.29) is 0 Å². The van der Waals surface area contributed by atoms with Crippen molar-refractivity contribution in [3.05, 3.63) is 34.9 Å². The minimum atomic E-state index is 0.333. The normalized spacial score (nSPS) is 28.3. The number of hydrogen-bond acceptors (Lipinski definition) is 2. The van der Waals surface area contributed by atoms with Crippen LogP contribution in [-0.2, 0) is 6.42 Å². The van der Waals surface area contributed by atoms with Gasteiger partial charge in [0.05, 0.1) is 0 Å². The molecule has 2 fully saturated rings. The predicted molar refractivity (Wildman–Crippen MR) is 94.2 cm³/mol. The van der Waals surface area contributed by atoms with Crippen molar-refractivity contribution in [2.45, 2.75) is 57.5 Å². The summed E-state index contributed by atoms with van der Waals surface area (Å²) in [6.07, 6.45) is 7.82. The number of hydrogen-bond donors (Lipinski definition) is 1. The Hall–Kier alpha value is -0.570. The first-order valence-electron chi connectivity index (χ1n) is 8.89. The number of nitrogens with zero attached hydrogens (tertiary/aromatic N) is 1. The van der Waals surface area contributed by atoms with Crippen LogP contribution in [0.15, 0.2) is 24.3 Å². The first-order valence-corrected chi connectivity index (χ1v) is 9.27. The summed E-state index contributed by atoms with van der Waals surface area (Å²) in [6, 6.07) is 9.42. The molecular weight excluding hydrogens is 292 g/mol. The second-order valence-corrected chi connectivity index (χ2v) is 7.75. The predicted octanol–water partition coefficient (Wildman–Crippen LogP) is 4.11. The summed E-state index contributed by atoms with van der Waals surface area (Å²) in [4.78, 5) is 2.71. The van der Waals surface area contributed by atoms with Crippen LogP contribution in [0.4, 0.5) is 0 Å². The van der Waals surface area contributed by atoms with E-state index >= 15 is 0 Å². The molecule has 3 unspecified atom stereocenters. The van der Waals surface area contributed by atoms with Crippen LogP contribution in [0.1, 0.15) is 44.6 Å². The lowest BCUT2D eigenvalue weighted by molar-refractivity contribution is 0.0466. The van der Waals surface area contributed by atoms with Crippen molar-refractivity contribution in [2.24, 2.45) is 17.6 Å². The molecular formula is C19H29ClN2. The largest absolute Gasteiger partial charge is 0.327 e. The van der Waals surface area contributed by atoms with Crippen LogP contribution in [0.2, 0.25) is 5.02 Å². The van der Waals surface area contributed by atoms with Gasteiger partial charge in [-0.15, -0.1) is 0 Å². The van der Waals surface area contributed by atoms with Crippen LogP contribution in [0.25, 0.3) is 0 Å². The summed E-state index contributed by atoms with van der Waals surface area (Å²) in [6.45, 7) is 4.65. The summed E-state index contributed by atoms with van der Waals surface area (Å²) in [5, 5.41) is 0.821. The van der Waals surface area contributed by atoms with Crippen molar-refractivity contribution in [3.63, 3.8) is 0 Å². The van der Waals surface area contributed by atoms with E-state index in [1.807, 2.05) is 12.1 Å². The van der Waals surface area contributed by atoms with Crippen LogP contribution in [-0.4, -0.2) is 30.1 Å². The van der Waals surface area contributed by atoms with Crippen molar-refractivity contribution in [1.82, 2.24) is 4.90 Å². The van der Waals surface area contributed by atoms with E-state index in [2.05, 4.69) is 24.0 Å². The van der Waals surface area contributed by atoms with E-state index in [9.17, 15) is 0 Å². The summed E-state index contributed by atoms with van der Waals surface area (Å²) in [5.41, 5.74) is 7.77. The monoisotopic (exact) mass is 320 g/mol. The molecule has 0 spiro atoms. The number of halogens is 1. The highest BCUT2D eigenvalue weighted by atomic mass is 35.5. The van der Waals surface area contributed by atoms with Crippen LogP contribution in [0.3, 0.4) is 0 Å². The molecule has 3 atom stereocenters.